The van der Waals surface area contributed by atoms with Crippen LogP contribution in [0.2, 0.25) is 0 Å². The molecule has 86 valence electrons. The van der Waals surface area contributed by atoms with Crippen molar-refractivity contribution in [2.45, 2.75) is 32.7 Å². The fourth-order valence-electron chi connectivity index (χ4n) is 1.90. The summed E-state index contributed by atoms with van der Waals surface area (Å²) in [6.07, 6.45) is 2.19. The molecular formula is C13H16FNO. The van der Waals surface area contributed by atoms with Gasteiger partial charge in [-0.25, -0.2) is 4.39 Å². The second kappa shape index (κ2) is 4.24. The number of hydrogen-bond donors (Lipinski definition) is 0. The van der Waals surface area contributed by atoms with Gasteiger partial charge in [0.05, 0.1) is 0 Å². The number of rotatable bonds is 3. The summed E-state index contributed by atoms with van der Waals surface area (Å²) >= 11 is 0. The van der Waals surface area contributed by atoms with Crippen molar-refractivity contribution in [1.29, 1.82) is 0 Å². The standard InChI is InChI=1S/C13H16FNO/c1-3-15(11-5-6-11)13(16)10-4-7-12(14)9(2)8-10/h4,7-8,11H,3,5-6H2,1-2H3. The van der Waals surface area contributed by atoms with Crippen LogP contribution in [0.15, 0.2) is 18.2 Å². The van der Waals surface area contributed by atoms with Gasteiger partial charge >= 0.3 is 0 Å². The van der Waals surface area contributed by atoms with E-state index in [4.69, 9.17) is 0 Å². The highest BCUT2D eigenvalue weighted by molar-refractivity contribution is 5.94. The topological polar surface area (TPSA) is 20.3 Å². The Morgan fingerprint density at radius 3 is 2.69 bits per heavy atom. The zero-order valence-corrected chi connectivity index (χ0v) is 9.66. The minimum atomic E-state index is -0.258. The monoisotopic (exact) mass is 221 g/mol. The Labute approximate surface area is 95.1 Å². The molecule has 0 bridgehead atoms. The zero-order valence-electron chi connectivity index (χ0n) is 9.66. The number of carbonyl (C=O) groups is 1. The van der Waals surface area contributed by atoms with Gasteiger partial charge in [-0.15, -0.1) is 0 Å². The highest BCUT2D eigenvalue weighted by Crippen LogP contribution is 2.28. The number of aryl methyl sites for hydroxylation is 1. The van der Waals surface area contributed by atoms with Gasteiger partial charge in [0.15, 0.2) is 0 Å². The summed E-state index contributed by atoms with van der Waals surface area (Å²) in [5.41, 5.74) is 1.12. The number of nitrogens with zero attached hydrogens (tertiary/aromatic N) is 1. The average Bonchev–Trinajstić information content (AvgIpc) is 3.07. The van der Waals surface area contributed by atoms with Crippen LogP contribution in [0, 0.1) is 12.7 Å². The molecule has 1 aliphatic carbocycles. The van der Waals surface area contributed by atoms with Crippen molar-refractivity contribution >= 4 is 5.91 Å². The quantitative estimate of drug-likeness (QED) is 0.768. The van der Waals surface area contributed by atoms with Gasteiger partial charge in [-0.3, -0.25) is 4.79 Å². The van der Waals surface area contributed by atoms with Crippen molar-refractivity contribution in [2.24, 2.45) is 0 Å². The third kappa shape index (κ3) is 2.08. The summed E-state index contributed by atoms with van der Waals surface area (Å²) in [7, 11) is 0. The Kier molecular flexibility index (Phi) is 2.95. The molecule has 0 heterocycles. The SMILES string of the molecule is CCN(C(=O)c1ccc(F)c(C)c1)C1CC1. The summed E-state index contributed by atoms with van der Waals surface area (Å²) in [4.78, 5) is 14.0. The second-order valence-electron chi connectivity index (χ2n) is 4.29. The lowest BCUT2D eigenvalue weighted by molar-refractivity contribution is 0.0752. The molecular weight excluding hydrogens is 205 g/mol. The van der Waals surface area contributed by atoms with Crippen LogP contribution in [0.5, 0.6) is 0 Å². The van der Waals surface area contributed by atoms with Crippen molar-refractivity contribution in [3.05, 3.63) is 35.1 Å². The van der Waals surface area contributed by atoms with Crippen molar-refractivity contribution in [1.82, 2.24) is 4.90 Å². The molecule has 0 aromatic heterocycles. The molecule has 2 rings (SSSR count). The third-order valence-electron chi connectivity index (χ3n) is 2.99. The fourth-order valence-corrected chi connectivity index (χ4v) is 1.90. The van der Waals surface area contributed by atoms with E-state index in [2.05, 4.69) is 0 Å². The summed E-state index contributed by atoms with van der Waals surface area (Å²) in [6.45, 7) is 4.38. The first-order valence-corrected chi connectivity index (χ1v) is 5.70. The summed E-state index contributed by atoms with van der Waals surface area (Å²) in [5, 5.41) is 0. The maximum atomic E-state index is 13.1. The lowest BCUT2D eigenvalue weighted by Gasteiger charge is -2.20. The van der Waals surface area contributed by atoms with Gasteiger partial charge in [0.1, 0.15) is 5.82 Å². The van der Waals surface area contributed by atoms with Gasteiger partial charge in [-0.2, -0.15) is 0 Å². The lowest BCUT2D eigenvalue weighted by Crippen LogP contribution is -2.32. The van der Waals surface area contributed by atoms with Crippen molar-refractivity contribution in [2.75, 3.05) is 6.54 Å². The van der Waals surface area contributed by atoms with Crippen LogP contribution >= 0.6 is 0 Å². The second-order valence-corrected chi connectivity index (χ2v) is 4.29. The molecule has 0 N–H and O–H groups in total. The number of halogens is 1. The van der Waals surface area contributed by atoms with E-state index in [9.17, 15) is 9.18 Å². The van der Waals surface area contributed by atoms with E-state index in [-0.39, 0.29) is 11.7 Å². The fraction of sp³-hybridized carbons (Fsp3) is 0.462. The number of amides is 1. The van der Waals surface area contributed by atoms with Crippen LogP contribution in [0.4, 0.5) is 4.39 Å². The predicted octanol–water partition coefficient (Wildman–Crippen LogP) is 2.76. The van der Waals surface area contributed by atoms with Crippen LogP contribution in [-0.4, -0.2) is 23.4 Å². The van der Waals surface area contributed by atoms with E-state index in [1.165, 1.54) is 6.07 Å². The Hall–Kier alpha value is -1.38. The molecule has 3 heteroatoms. The molecule has 1 fully saturated rings. The van der Waals surface area contributed by atoms with Crippen molar-refractivity contribution in [3.8, 4) is 0 Å². The molecule has 1 amide bonds. The first-order valence-electron chi connectivity index (χ1n) is 5.70. The van der Waals surface area contributed by atoms with E-state index in [1.807, 2.05) is 11.8 Å². The van der Waals surface area contributed by atoms with E-state index in [0.29, 0.717) is 17.2 Å². The first kappa shape index (κ1) is 11.1. The predicted molar refractivity (Wildman–Crippen MR) is 60.9 cm³/mol. The molecule has 1 aromatic rings. The molecule has 0 saturated heterocycles. The minimum absolute atomic E-state index is 0.0214. The first-order chi connectivity index (χ1) is 7.63. The van der Waals surface area contributed by atoms with Gasteiger partial charge in [0.2, 0.25) is 0 Å². The van der Waals surface area contributed by atoms with Gasteiger partial charge in [0, 0.05) is 18.2 Å². The zero-order chi connectivity index (χ0) is 11.7. The maximum absolute atomic E-state index is 13.1. The summed E-state index contributed by atoms with van der Waals surface area (Å²) in [6, 6.07) is 4.96. The van der Waals surface area contributed by atoms with Crippen LogP contribution < -0.4 is 0 Å². The molecule has 0 radical (unpaired) electrons. The minimum Gasteiger partial charge on any atom is -0.336 e. The Morgan fingerprint density at radius 2 is 2.19 bits per heavy atom. The summed E-state index contributed by atoms with van der Waals surface area (Å²) in [5.74, 6) is -0.237. The largest absolute Gasteiger partial charge is 0.336 e. The molecule has 1 aliphatic rings. The van der Waals surface area contributed by atoms with Gasteiger partial charge in [-0.05, 0) is 50.5 Å². The number of carbonyl (C=O) groups excluding carboxylic acids is 1. The van der Waals surface area contributed by atoms with Gasteiger partial charge in [0.25, 0.3) is 5.91 Å². The smallest absolute Gasteiger partial charge is 0.254 e. The van der Waals surface area contributed by atoms with Crippen molar-refractivity contribution in [3.63, 3.8) is 0 Å². The highest BCUT2D eigenvalue weighted by Gasteiger charge is 2.31. The van der Waals surface area contributed by atoms with Gasteiger partial charge < -0.3 is 4.90 Å². The highest BCUT2D eigenvalue weighted by atomic mass is 19.1. The molecule has 1 aromatic carbocycles. The Balaban J connectivity index is 2.22. The van der Waals surface area contributed by atoms with Crippen LogP contribution in [-0.2, 0) is 0 Å². The van der Waals surface area contributed by atoms with E-state index < -0.39 is 0 Å². The van der Waals surface area contributed by atoms with Crippen molar-refractivity contribution < 1.29 is 9.18 Å². The molecule has 0 aliphatic heterocycles. The maximum Gasteiger partial charge on any atom is 0.254 e. The van der Waals surface area contributed by atoms with Gasteiger partial charge in [-0.1, -0.05) is 0 Å². The number of hydrogen-bond acceptors (Lipinski definition) is 1. The average molecular weight is 221 g/mol. The van der Waals surface area contributed by atoms with Crippen LogP contribution in [0.1, 0.15) is 35.7 Å². The molecule has 16 heavy (non-hydrogen) atoms. The normalized spacial score (nSPS) is 14.9. The molecule has 0 spiro atoms. The van der Waals surface area contributed by atoms with E-state index >= 15 is 0 Å². The van der Waals surface area contributed by atoms with Crippen LogP contribution in [0.25, 0.3) is 0 Å². The van der Waals surface area contributed by atoms with Crippen LogP contribution in [0.3, 0.4) is 0 Å². The third-order valence-corrected chi connectivity index (χ3v) is 2.99. The molecule has 0 unspecified atom stereocenters. The van der Waals surface area contributed by atoms with E-state index in [1.54, 1.807) is 19.1 Å². The Bertz CT molecular complexity index is 412. The molecule has 0 atom stereocenters. The number of benzene rings is 1. The molecule has 2 nitrogen and oxygen atoms in total. The summed E-state index contributed by atoms with van der Waals surface area (Å²) < 4.78 is 13.1. The van der Waals surface area contributed by atoms with E-state index in [0.717, 1.165) is 19.4 Å². The lowest BCUT2D eigenvalue weighted by atomic mass is 10.1. The molecule has 1 saturated carbocycles. The Morgan fingerprint density at radius 1 is 1.50 bits per heavy atom.